The van der Waals surface area contributed by atoms with E-state index in [1.807, 2.05) is 36.4 Å². The molecule has 0 aliphatic carbocycles. The van der Waals surface area contributed by atoms with E-state index in [-0.39, 0.29) is 6.79 Å². The van der Waals surface area contributed by atoms with E-state index in [0.717, 1.165) is 15.7 Å². The van der Waals surface area contributed by atoms with Crippen LogP contribution in [0.1, 0.15) is 0 Å². The van der Waals surface area contributed by atoms with Crippen molar-refractivity contribution < 1.29 is 9.47 Å². The molecule has 1 heterocycles. The smallest absolute Gasteiger partial charge is 0.188 e. The van der Waals surface area contributed by atoms with Gasteiger partial charge in [0.05, 0.1) is 0 Å². The van der Waals surface area contributed by atoms with Crippen LogP contribution in [0.3, 0.4) is 0 Å². The first-order valence-electron chi connectivity index (χ1n) is 5.14. The number of methoxy groups -OCH3 is 1. The first kappa shape index (κ1) is 12.1. The highest BCUT2D eigenvalue weighted by molar-refractivity contribution is 9.10. The van der Waals surface area contributed by atoms with E-state index in [2.05, 4.69) is 20.9 Å². The predicted molar refractivity (Wildman–Crippen MR) is 69.9 cm³/mol. The molecule has 0 unspecified atom stereocenters. The fourth-order valence-electron chi connectivity index (χ4n) is 1.48. The third-order valence-electron chi connectivity index (χ3n) is 2.20. The summed E-state index contributed by atoms with van der Waals surface area (Å²) in [6.07, 6.45) is 1.75. The number of benzene rings is 1. The van der Waals surface area contributed by atoms with Crippen molar-refractivity contribution in [2.45, 2.75) is 0 Å². The van der Waals surface area contributed by atoms with Crippen molar-refractivity contribution in [1.29, 1.82) is 0 Å². The Morgan fingerprint density at radius 1 is 1.24 bits per heavy atom. The molecule has 0 saturated heterocycles. The number of hydrogen-bond donors (Lipinski definition) is 0. The molecule has 0 N–H and O–H groups in total. The highest BCUT2D eigenvalue weighted by Crippen LogP contribution is 2.29. The zero-order valence-corrected chi connectivity index (χ0v) is 11.0. The number of nitrogens with zero attached hydrogens (tertiary/aromatic N) is 1. The van der Waals surface area contributed by atoms with Crippen molar-refractivity contribution in [3.05, 3.63) is 47.1 Å². The highest BCUT2D eigenvalue weighted by Gasteiger charge is 2.07. The summed E-state index contributed by atoms with van der Waals surface area (Å²) in [5.41, 5.74) is 1.82. The minimum Gasteiger partial charge on any atom is -0.465 e. The van der Waals surface area contributed by atoms with Crippen LogP contribution in [0, 0.1) is 0 Å². The van der Waals surface area contributed by atoms with E-state index in [9.17, 15) is 0 Å². The number of halogens is 1. The first-order valence-corrected chi connectivity index (χ1v) is 5.93. The summed E-state index contributed by atoms with van der Waals surface area (Å²) in [7, 11) is 1.59. The molecule has 17 heavy (non-hydrogen) atoms. The molecule has 0 amide bonds. The van der Waals surface area contributed by atoms with Gasteiger partial charge >= 0.3 is 0 Å². The molecule has 0 bridgehead atoms. The van der Waals surface area contributed by atoms with Crippen LogP contribution >= 0.6 is 15.9 Å². The maximum absolute atomic E-state index is 5.48. The summed E-state index contributed by atoms with van der Waals surface area (Å²) in [6.45, 7) is 0.215. The molecule has 1 aromatic heterocycles. The Balaban J connectivity index is 2.37. The van der Waals surface area contributed by atoms with Crippen molar-refractivity contribution in [3.63, 3.8) is 0 Å². The molecule has 0 atom stereocenters. The second kappa shape index (κ2) is 5.80. The van der Waals surface area contributed by atoms with Crippen LogP contribution in [-0.2, 0) is 4.74 Å². The van der Waals surface area contributed by atoms with Crippen LogP contribution in [0.4, 0.5) is 0 Å². The van der Waals surface area contributed by atoms with Crippen molar-refractivity contribution in [2.75, 3.05) is 13.9 Å². The van der Waals surface area contributed by atoms with Gasteiger partial charge in [-0.05, 0) is 24.3 Å². The average molecular weight is 294 g/mol. The molecule has 0 aliphatic heterocycles. The molecule has 2 aromatic rings. The third kappa shape index (κ3) is 3.05. The van der Waals surface area contributed by atoms with Crippen molar-refractivity contribution in [3.8, 4) is 17.0 Å². The van der Waals surface area contributed by atoms with Crippen molar-refractivity contribution >= 4 is 15.9 Å². The number of aromatic nitrogens is 1. The topological polar surface area (TPSA) is 31.4 Å². The molecule has 0 aliphatic rings. The number of rotatable bonds is 4. The lowest BCUT2D eigenvalue weighted by atomic mass is 10.1. The molecule has 2 rings (SSSR count). The van der Waals surface area contributed by atoms with Crippen molar-refractivity contribution in [2.24, 2.45) is 0 Å². The molecule has 0 spiro atoms. The van der Waals surface area contributed by atoms with Gasteiger partial charge < -0.3 is 9.47 Å². The summed E-state index contributed by atoms with van der Waals surface area (Å²) in [6, 6.07) is 11.7. The Morgan fingerprint density at radius 3 is 2.88 bits per heavy atom. The van der Waals surface area contributed by atoms with Crippen molar-refractivity contribution in [1.82, 2.24) is 4.98 Å². The van der Waals surface area contributed by atoms with Gasteiger partial charge in [-0.3, -0.25) is 4.98 Å². The van der Waals surface area contributed by atoms with E-state index in [4.69, 9.17) is 9.47 Å². The van der Waals surface area contributed by atoms with Gasteiger partial charge in [0.25, 0.3) is 0 Å². The monoisotopic (exact) mass is 293 g/mol. The van der Waals surface area contributed by atoms with Crippen LogP contribution in [-0.4, -0.2) is 18.9 Å². The van der Waals surface area contributed by atoms with Gasteiger partial charge in [-0.2, -0.15) is 0 Å². The van der Waals surface area contributed by atoms with Gasteiger partial charge in [0.1, 0.15) is 11.4 Å². The maximum Gasteiger partial charge on any atom is 0.188 e. The van der Waals surface area contributed by atoms with Crippen LogP contribution in [0.5, 0.6) is 5.75 Å². The Labute approximate surface area is 109 Å². The maximum atomic E-state index is 5.48. The van der Waals surface area contributed by atoms with E-state index in [0.29, 0.717) is 5.75 Å². The molecule has 88 valence electrons. The molecule has 3 nitrogen and oxygen atoms in total. The minimum atomic E-state index is 0.215. The second-order valence-corrected chi connectivity index (χ2v) is 4.33. The number of hydrogen-bond acceptors (Lipinski definition) is 3. The SMILES string of the molecule is COCOc1cccnc1-c1cccc(Br)c1. The largest absolute Gasteiger partial charge is 0.465 e. The molecular weight excluding hydrogens is 282 g/mol. The number of pyridine rings is 1. The number of ether oxygens (including phenoxy) is 2. The molecule has 0 radical (unpaired) electrons. The normalized spacial score (nSPS) is 10.2. The molecule has 0 saturated carbocycles. The quantitative estimate of drug-likeness (QED) is 0.809. The summed E-state index contributed by atoms with van der Waals surface area (Å²) in [5, 5.41) is 0. The van der Waals surface area contributed by atoms with Crippen LogP contribution in [0.25, 0.3) is 11.3 Å². The minimum absolute atomic E-state index is 0.215. The zero-order chi connectivity index (χ0) is 12.1. The Kier molecular flexibility index (Phi) is 4.12. The van der Waals surface area contributed by atoms with Gasteiger partial charge in [-0.15, -0.1) is 0 Å². The first-order chi connectivity index (χ1) is 8.31. The Bertz CT molecular complexity index is 502. The van der Waals surface area contributed by atoms with Crippen LogP contribution in [0.15, 0.2) is 47.1 Å². The van der Waals surface area contributed by atoms with E-state index in [1.165, 1.54) is 0 Å². The standard InChI is InChI=1S/C13H12BrNO2/c1-16-9-17-12-6-3-7-15-13(12)10-4-2-5-11(14)8-10/h2-8H,9H2,1H3. The Hall–Kier alpha value is -1.39. The van der Waals surface area contributed by atoms with Gasteiger partial charge in [0.2, 0.25) is 0 Å². The lowest BCUT2D eigenvalue weighted by Gasteiger charge is -2.09. The van der Waals surface area contributed by atoms with Gasteiger partial charge in [-0.25, -0.2) is 0 Å². The lowest BCUT2D eigenvalue weighted by Crippen LogP contribution is -2.01. The van der Waals surface area contributed by atoms with Crippen LogP contribution < -0.4 is 4.74 Å². The van der Waals surface area contributed by atoms with E-state index < -0.39 is 0 Å². The predicted octanol–water partition coefficient (Wildman–Crippen LogP) is 3.49. The Morgan fingerprint density at radius 2 is 2.12 bits per heavy atom. The van der Waals surface area contributed by atoms with Crippen LogP contribution in [0.2, 0.25) is 0 Å². The van der Waals surface area contributed by atoms with E-state index in [1.54, 1.807) is 13.3 Å². The third-order valence-corrected chi connectivity index (χ3v) is 2.69. The molecule has 0 fully saturated rings. The molecule has 4 heteroatoms. The fraction of sp³-hybridized carbons (Fsp3) is 0.154. The summed E-state index contributed by atoms with van der Waals surface area (Å²) in [4.78, 5) is 4.34. The summed E-state index contributed by atoms with van der Waals surface area (Å²) >= 11 is 3.44. The molecular formula is C13H12BrNO2. The highest BCUT2D eigenvalue weighted by atomic mass is 79.9. The van der Waals surface area contributed by atoms with Gasteiger partial charge in [-0.1, -0.05) is 28.1 Å². The second-order valence-electron chi connectivity index (χ2n) is 3.41. The van der Waals surface area contributed by atoms with E-state index >= 15 is 0 Å². The van der Waals surface area contributed by atoms with Gasteiger partial charge in [0.15, 0.2) is 6.79 Å². The fourth-order valence-corrected chi connectivity index (χ4v) is 1.88. The van der Waals surface area contributed by atoms with Gasteiger partial charge in [0, 0.05) is 23.3 Å². The average Bonchev–Trinajstić information content (AvgIpc) is 2.37. The summed E-state index contributed by atoms with van der Waals surface area (Å²) < 4.78 is 11.4. The zero-order valence-electron chi connectivity index (χ0n) is 9.39. The molecule has 1 aromatic carbocycles. The lowest BCUT2D eigenvalue weighted by molar-refractivity contribution is 0.0513. The summed E-state index contributed by atoms with van der Waals surface area (Å²) in [5.74, 6) is 0.715.